The van der Waals surface area contributed by atoms with E-state index >= 15 is 0 Å². The fourth-order valence-electron chi connectivity index (χ4n) is 3.37. The number of hydrogen-bond donors (Lipinski definition) is 1. The van der Waals surface area contributed by atoms with Crippen LogP contribution in [0.2, 0.25) is 5.02 Å². The zero-order valence-corrected chi connectivity index (χ0v) is 20.6. The van der Waals surface area contributed by atoms with E-state index in [9.17, 15) is 14.4 Å². The fraction of sp³-hybridized carbons (Fsp3) is 0.174. The van der Waals surface area contributed by atoms with Crippen molar-refractivity contribution in [3.63, 3.8) is 0 Å². The van der Waals surface area contributed by atoms with Crippen molar-refractivity contribution in [3.05, 3.63) is 74.1 Å². The normalized spacial score (nSPS) is 10.9. The van der Waals surface area contributed by atoms with Crippen LogP contribution in [0.4, 0.5) is 5.13 Å². The SMILES string of the molecule is C=CCOC(=O)c1sc(NC(=O)Cn2cnc3sc(C)c(-c4ccc(Cl)cc4)c3c2=O)nc1C. The number of nitrogens with zero attached hydrogens (tertiary/aromatic N) is 3. The number of ether oxygens (including phenoxy) is 1. The van der Waals surface area contributed by atoms with Gasteiger partial charge in [0.2, 0.25) is 5.91 Å². The molecule has 0 aliphatic rings. The van der Waals surface area contributed by atoms with Crippen LogP contribution in [0.15, 0.2) is 48.0 Å². The summed E-state index contributed by atoms with van der Waals surface area (Å²) in [5, 5.41) is 3.93. The first-order valence-electron chi connectivity index (χ1n) is 10.1. The van der Waals surface area contributed by atoms with Gasteiger partial charge < -0.3 is 10.1 Å². The minimum atomic E-state index is -0.538. The number of carbonyl (C=O) groups is 2. The Morgan fingerprint density at radius 1 is 1.24 bits per heavy atom. The van der Waals surface area contributed by atoms with Crippen molar-refractivity contribution < 1.29 is 14.3 Å². The lowest BCUT2D eigenvalue weighted by Gasteiger charge is -2.07. The molecule has 0 unspecified atom stereocenters. The maximum Gasteiger partial charge on any atom is 0.350 e. The second kappa shape index (κ2) is 9.88. The number of halogens is 1. The zero-order valence-electron chi connectivity index (χ0n) is 18.3. The van der Waals surface area contributed by atoms with Crippen molar-refractivity contribution in [2.24, 2.45) is 0 Å². The van der Waals surface area contributed by atoms with Gasteiger partial charge in [-0.05, 0) is 31.5 Å². The van der Waals surface area contributed by atoms with Crippen molar-refractivity contribution in [2.45, 2.75) is 20.4 Å². The highest BCUT2D eigenvalue weighted by Gasteiger charge is 2.20. The number of thiazole rings is 1. The fourth-order valence-corrected chi connectivity index (χ4v) is 5.37. The third-order valence-electron chi connectivity index (χ3n) is 4.86. The average Bonchev–Trinajstić information content (AvgIpc) is 3.33. The topological polar surface area (TPSA) is 103 Å². The van der Waals surface area contributed by atoms with Crippen molar-refractivity contribution in [3.8, 4) is 11.1 Å². The van der Waals surface area contributed by atoms with Gasteiger partial charge in [0, 0.05) is 15.5 Å². The van der Waals surface area contributed by atoms with Gasteiger partial charge in [-0.15, -0.1) is 11.3 Å². The molecule has 0 atom stereocenters. The second-order valence-corrected chi connectivity index (χ2v) is 9.91. The quantitative estimate of drug-likeness (QED) is 0.280. The highest BCUT2D eigenvalue weighted by Crippen LogP contribution is 2.35. The molecule has 4 aromatic rings. The van der Waals surface area contributed by atoms with Gasteiger partial charge in [-0.1, -0.05) is 47.7 Å². The first-order valence-corrected chi connectivity index (χ1v) is 12.1. The first kappa shape index (κ1) is 23.8. The predicted octanol–water partition coefficient (Wildman–Crippen LogP) is 4.83. The summed E-state index contributed by atoms with van der Waals surface area (Å²) in [6, 6.07) is 7.23. The maximum absolute atomic E-state index is 13.3. The van der Waals surface area contributed by atoms with Crippen molar-refractivity contribution in [1.29, 1.82) is 0 Å². The zero-order chi connectivity index (χ0) is 24.4. The smallest absolute Gasteiger partial charge is 0.350 e. The minimum Gasteiger partial charge on any atom is -0.457 e. The predicted molar refractivity (Wildman–Crippen MR) is 135 cm³/mol. The van der Waals surface area contributed by atoms with Crippen LogP contribution in [0.3, 0.4) is 0 Å². The number of carbonyl (C=O) groups excluding carboxylic acids is 2. The number of anilines is 1. The van der Waals surface area contributed by atoms with Gasteiger partial charge >= 0.3 is 5.97 Å². The third-order valence-corrected chi connectivity index (χ3v) is 7.18. The molecule has 8 nitrogen and oxygen atoms in total. The highest BCUT2D eigenvalue weighted by molar-refractivity contribution is 7.19. The number of hydrogen-bond acceptors (Lipinski definition) is 8. The molecule has 0 bridgehead atoms. The molecule has 1 aromatic carbocycles. The summed E-state index contributed by atoms with van der Waals surface area (Å²) in [5.74, 6) is -1.01. The standard InChI is InChI=1S/C23H19ClN4O4S2/c1-4-9-32-22(31)19-12(2)26-23(34-19)27-16(29)10-28-11-25-20-18(21(28)30)17(13(3)33-20)14-5-7-15(24)8-6-14/h4-8,11H,1,9-10H2,2-3H3,(H,26,27,29). The molecule has 4 rings (SSSR count). The molecule has 0 saturated heterocycles. The number of amides is 1. The van der Waals surface area contributed by atoms with Gasteiger partial charge in [-0.3, -0.25) is 14.2 Å². The Bertz CT molecular complexity index is 1470. The summed E-state index contributed by atoms with van der Waals surface area (Å²) in [7, 11) is 0. The summed E-state index contributed by atoms with van der Waals surface area (Å²) in [6.45, 7) is 6.90. The number of aromatic nitrogens is 3. The van der Waals surface area contributed by atoms with Crippen LogP contribution in [-0.2, 0) is 16.1 Å². The molecule has 11 heteroatoms. The molecule has 0 saturated carbocycles. The monoisotopic (exact) mass is 514 g/mol. The summed E-state index contributed by atoms with van der Waals surface area (Å²) in [4.78, 5) is 48.4. The van der Waals surface area contributed by atoms with Crippen LogP contribution in [0.1, 0.15) is 20.2 Å². The van der Waals surface area contributed by atoms with E-state index in [-0.39, 0.29) is 23.8 Å². The Morgan fingerprint density at radius 3 is 2.68 bits per heavy atom. The van der Waals surface area contributed by atoms with E-state index in [0.717, 1.165) is 27.3 Å². The van der Waals surface area contributed by atoms with Gasteiger partial charge in [-0.25, -0.2) is 14.8 Å². The summed E-state index contributed by atoms with van der Waals surface area (Å²) in [6.07, 6.45) is 2.82. The second-order valence-electron chi connectivity index (χ2n) is 7.27. The van der Waals surface area contributed by atoms with Crippen LogP contribution in [-0.4, -0.2) is 33.0 Å². The van der Waals surface area contributed by atoms with Crippen LogP contribution in [0.25, 0.3) is 21.3 Å². The van der Waals surface area contributed by atoms with Crippen molar-refractivity contribution in [2.75, 3.05) is 11.9 Å². The average molecular weight is 515 g/mol. The van der Waals surface area contributed by atoms with Gasteiger partial charge in [-0.2, -0.15) is 0 Å². The Kier molecular flexibility index (Phi) is 6.92. The number of fused-ring (bicyclic) bond motifs is 1. The number of benzene rings is 1. The molecular weight excluding hydrogens is 496 g/mol. The van der Waals surface area contributed by atoms with Crippen molar-refractivity contribution in [1.82, 2.24) is 14.5 Å². The molecule has 3 aromatic heterocycles. The molecule has 174 valence electrons. The molecule has 34 heavy (non-hydrogen) atoms. The van der Waals surface area contributed by atoms with Crippen LogP contribution >= 0.6 is 34.3 Å². The molecule has 0 aliphatic heterocycles. The summed E-state index contributed by atoms with van der Waals surface area (Å²) in [5.41, 5.74) is 1.75. The van der Waals surface area contributed by atoms with E-state index in [1.54, 1.807) is 19.1 Å². The van der Waals surface area contributed by atoms with E-state index in [1.807, 2.05) is 19.1 Å². The molecule has 3 heterocycles. The highest BCUT2D eigenvalue weighted by atomic mass is 35.5. The largest absolute Gasteiger partial charge is 0.457 e. The van der Waals surface area contributed by atoms with Crippen LogP contribution < -0.4 is 10.9 Å². The van der Waals surface area contributed by atoms with E-state index in [0.29, 0.717) is 25.8 Å². The summed E-state index contributed by atoms with van der Waals surface area (Å²) >= 11 is 8.43. The number of thiophene rings is 1. The van der Waals surface area contributed by atoms with E-state index in [4.69, 9.17) is 16.3 Å². The molecule has 0 aliphatic carbocycles. The van der Waals surface area contributed by atoms with Gasteiger partial charge in [0.25, 0.3) is 5.56 Å². The van der Waals surface area contributed by atoms with Gasteiger partial charge in [0.15, 0.2) is 5.13 Å². The first-order chi connectivity index (χ1) is 16.3. The number of esters is 1. The lowest BCUT2D eigenvalue weighted by Crippen LogP contribution is -2.27. The molecule has 0 spiro atoms. The minimum absolute atomic E-state index is 0.0797. The molecular formula is C23H19ClN4O4S2. The molecule has 1 N–H and O–H groups in total. The number of nitrogens with one attached hydrogen (secondary N) is 1. The van der Waals surface area contributed by atoms with Crippen LogP contribution in [0.5, 0.6) is 0 Å². The molecule has 1 amide bonds. The summed E-state index contributed by atoms with van der Waals surface area (Å²) < 4.78 is 6.28. The van der Waals surface area contributed by atoms with Crippen LogP contribution in [0, 0.1) is 13.8 Å². The number of aryl methyl sites for hydroxylation is 2. The third kappa shape index (κ3) is 4.79. The van der Waals surface area contributed by atoms with E-state index in [1.165, 1.54) is 28.3 Å². The Labute approximate surface area is 207 Å². The Hall–Kier alpha value is -3.34. The Balaban J connectivity index is 1.59. The van der Waals surface area contributed by atoms with Gasteiger partial charge in [0.1, 0.15) is 22.9 Å². The molecule has 0 radical (unpaired) electrons. The van der Waals surface area contributed by atoms with Crippen molar-refractivity contribution >= 4 is 61.5 Å². The van der Waals surface area contributed by atoms with E-state index in [2.05, 4.69) is 21.9 Å². The lowest BCUT2D eigenvalue weighted by atomic mass is 10.0. The number of rotatable bonds is 7. The lowest BCUT2D eigenvalue weighted by molar-refractivity contribution is -0.116. The molecule has 0 fully saturated rings. The van der Waals surface area contributed by atoms with Gasteiger partial charge in [0.05, 0.1) is 17.4 Å². The van der Waals surface area contributed by atoms with E-state index < -0.39 is 11.9 Å². The Morgan fingerprint density at radius 2 is 1.97 bits per heavy atom. The maximum atomic E-state index is 13.3.